The summed E-state index contributed by atoms with van der Waals surface area (Å²) in [6.07, 6.45) is 0.764. The normalized spacial score (nSPS) is 9.92. The van der Waals surface area contributed by atoms with Crippen LogP contribution in [0.2, 0.25) is 0 Å². The Kier molecular flexibility index (Phi) is 6.18. The van der Waals surface area contributed by atoms with Crippen LogP contribution in [0, 0.1) is 20.2 Å². The quantitative estimate of drug-likeness (QED) is 0.391. The van der Waals surface area contributed by atoms with Crippen molar-refractivity contribution in [1.82, 2.24) is 10.7 Å². The Labute approximate surface area is 148 Å². The second kappa shape index (κ2) is 8.55. The third kappa shape index (κ3) is 5.39. The smallest absolute Gasteiger partial charge is 0.300 e. The topological polar surface area (TPSA) is 122 Å². The van der Waals surface area contributed by atoms with E-state index in [9.17, 15) is 20.2 Å². The van der Waals surface area contributed by atoms with E-state index < -0.39 is 15.5 Å². The molecule has 0 fully saturated rings. The highest BCUT2D eigenvalue weighted by Gasteiger charge is 2.19. The molecule has 2 rings (SSSR count). The lowest BCUT2D eigenvalue weighted by atomic mass is 10.1. The zero-order valence-corrected chi connectivity index (χ0v) is 13.8. The number of rotatable bonds is 7. The summed E-state index contributed by atoms with van der Waals surface area (Å²) in [6, 6.07) is 13.1. The maximum absolute atomic E-state index is 11.0. The Morgan fingerprint density at radius 1 is 1.04 bits per heavy atom. The van der Waals surface area contributed by atoms with Gasteiger partial charge in [0.05, 0.1) is 15.9 Å². The molecule has 25 heavy (non-hydrogen) atoms. The van der Waals surface area contributed by atoms with Crippen molar-refractivity contribution >= 4 is 34.4 Å². The average molecular weight is 361 g/mol. The molecule has 0 atom stereocenters. The van der Waals surface area contributed by atoms with E-state index in [1.807, 2.05) is 30.3 Å². The van der Waals surface area contributed by atoms with Gasteiger partial charge in [-0.05, 0) is 30.3 Å². The number of hydrazine groups is 1. The van der Waals surface area contributed by atoms with Gasteiger partial charge in [0.1, 0.15) is 5.69 Å². The number of hydrogen-bond acceptors (Lipinski definition) is 6. The Hall–Kier alpha value is -3.27. The molecule has 0 radical (unpaired) electrons. The molecule has 0 aliphatic carbocycles. The molecule has 0 saturated carbocycles. The Bertz CT molecular complexity index is 785. The van der Waals surface area contributed by atoms with Crippen molar-refractivity contribution in [3.63, 3.8) is 0 Å². The molecule has 2 aromatic rings. The summed E-state index contributed by atoms with van der Waals surface area (Å²) < 4.78 is 0. The van der Waals surface area contributed by atoms with Crippen molar-refractivity contribution in [2.45, 2.75) is 6.42 Å². The SMILES string of the molecule is O=[N+]([O-])c1ccc(NNC(=S)NCCc2ccccc2)c([N+](=O)[O-])c1. The minimum atomic E-state index is -0.705. The maximum atomic E-state index is 11.0. The van der Waals surface area contributed by atoms with Gasteiger partial charge in [-0.25, -0.2) is 0 Å². The number of nitro groups is 2. The summed E-state index contributed by atoms with van der Waals surface area (Å²) in [6.45, 7) is 0.583. The number of nitro benzene ring substituents is 2. The van der Waals surface area contributed by atoms with Crippen molar-refractivity contribution in [2.75, 3.05) is 12.0 Å². The van der Waals surface area contributed by atoms with Crippen LogP contribution in [0.25, 0.3) is 0 Å². The zero-order valence-electron chi connectivity index (χ0n) is 13.0. The minimum Gasteiger partial charge on any atom is -0.361 e. The van der Waals surface area contributed by atoms with Crippen LogP contribution >= 0.6 is 12.2 Å². The van der Waals surface area contributed by atoms with Crippen molar-refractivity contribution in [2.24, 2.45) is 0 Å². The lowest BCUT2D eigenvalue weighted by Crippen LogP contribution is -2.39. The van der Waals surface area contributed by atoms with Crippen LogP contribution in [-0.4, -0.2) is 21.5 Å². The number of benzene rings is 2. The first-order chi connectivity index (χ1) is 12.0. The molecule has 9 nitrogen and oxygen atoms in total. The van der Waals surface area contributed by atoms with Crippen molar-refractivity contribution < 1.29 is 9.85 Å². The first-order valence-corrected chi connectivity index (χ1v) is 7.65. The van der Waals surface area contributed by atoms with E-state index in [0.717, 1.165) is 18.1 Å². The Morgan fingerprint density at radius 2 is 1.76 bits per heavy atom. The van der Waals surface area contributed by atoms with Crippen LogP contribution in [0.1, 0.15) is 5.56 Å². The predicted octanol–water partition coefficient (Wildman–Crippen LogP) is 2.54. The first-order valence-electron chi connectivity index (χ1n) is 7.24. The molecular weight excluding hydrogens is 346 g/mol. The minimum absolute atomic E-state index is 0.0720. The summed E-state index contributed by atoms with van der Waals surface area (Å²) in [5.41, 5.74) is 5.66. The predicted molar refractivity (Wildman–Crippen MR) is 97.3 cm³/mol. The number of thiocarbonyl (C=S) groups is 1. The average Bonchev–Trinajstić information content (AvgIpc) is 2.60. The third-order valence-corrected chi connectivity index (χ3v) is 3.49. The van der Waals surface area contributed by atoms with Gasteiger partial charge in [0.15, 0.2) is 5.11 Å². The molecule has 0 aliphatic heterocycles. The largest absolute Gasteiger partial charge is 0.361 e. The van der Waals surface area contributed by atoms with Crippen molar-refractivity contribution in [3.8, 4) is 0 Å². The second-order valence-corrected chi connectivity index (χ2v) is 5.37. The van der Waals surface area contributed by atoms with Gasteiger partial charge in [-0.1, -0.05) is 30.3 Å². The van der Waals surface area contributed by atoms with Crippen LogP contribution in [0.3, 0.4) is 0 Å². The van der Waals surface area contributed by atoms with Gasteiger partial charge >= 0.3 is 5.69 Å². The fourth-order valence-corrected chi connectivity index (χ4v) is 2.18. The van der Waals surface area contributed by atoms with Gasteiger partial charge in [0.25, 0.3) is 5.69 Å². The fourth-order valence-electron chi connectivity index (χ4n) is 2.02. The molecule has 3 N–H and O–H groups in total. The molecule has 0 aliphatic rings. The lowest BCUT2D eigenvalue weighted by molar-refractivity contribution is -0.393. The van der Waals surface area contributed by atoms with Crippen LogP contribution in [0.15, 0.2) is 48.5 Å². The van der Waals surface area contributed by atoms with Gasteiger partial charge in [-0.15, -0.1) is 0 Å². The van der Waals surface area contributed by atoms with E-state index in [4.69, 9.17) is 12.2 Å². The number of hydrogen-bond donors (Lipinski definition) is 3. The van der Waals surface area contributed by atoms with Crippen LogP contribution in [0.5, 0.6) is 0 Å². The summed E-state index contributed by atoms with van der Waals surface area (Å²) in [4.78, 5) is 20.3. The summed E-state index contributed by atoms with van der Waals surface area (Å²) in [5.74, 6) is 0. The van der Waals surface area contributed by atoms with Gasteiger partial charge in [0.2, 0.25) is 0 Å². The molecule has 10 heteroatoms. The van der Waals surface area contributed by atoms with E-state index in [1.165, 1.54) is 12.1 Å². The van der Waals surface area contributed by atoms with E-state index in [-0.39, 0.29) is 16.5 Å². The van der Waals surface area contributed by atoms with Crippen LogP contribution < -0.4 is 16.2 Å². The molecule has 0 spiro atoms. The number of nitrogens with one attached hydrogen (secondary N) is 3. The van der Waals surface area contributed by atoms with Gasteiger partial charge in [-0.2, -0.15) is 0 Å². The molecule has 2 aromatic carbocycles. The van der Waals surface area contributed by atoms with Gasteiger partial charge in [0, 0.05) is 12.6 Å². The molecule has 0 bridgehead atoms. The zero-order chi connectivity index (χ0) is 18.2. The van der Waals surface area contributed by atoms with E-state index in [0.29, 0.717) is 6.54 Å². The van der Waals surface area contributed by atoms with Gasteiger partial charge in [-0.3, -0.25) is 31.1 Å². The Morgan fingerprint density at radius 3 is 2.40 bits per heavy atom. The molecule has 0 aromatic heterocycles. The maximum Gasteiger partial charge on any atom is 0.300 e. The number of non-ortho nitro benzene ring substituents is 1. The van der Waals surface area contributed by atoms with E-state index in [2.05, 4.69) is 16.2 Å². The Balaban J connectivity index is 1.88. The number of anilines is 1. The highest BCUT2D eigenvalue weighted by molar-refractivity contribution is 7.80. The summed E-state index contributed by atoms with van der Waals surface area (Å²) in [7, 11) is 0. The molecular formula is C15H15N5O4S. The lowest BCUT2D eigenvalue weighted by Gasteiger charge is -2.12. The highest BCUT2D eigenvalue weighted by atomic mass is 32.1. The second-order valence-electron chi connectivity index (χ2n) is 4.96. The van der Waals surface area contributed by atoms with Gasteiger partial charge < -0.3 is 5.32 Å². The fraction of sp³-hybridized carbons (Fsp3) is 0.133. The van der Waals surface area contributed by atoms with E-state index in [1.54, 1.807) is 0 Å². The first kappa shape index (κ1) is 18.1. The van der Waals surface area contributed by atoms with E-state index >= 15 is 0 Å². The number of nitrogens with zero attached hydrogens (tertiary/aromatic N) is 2. The van der Waals surface area contributed by atoms with Crippen LogP contribution in [0.4, 0.5) is 17.1 Å². The van der Waals surface area contributed by atoms with Crippen molar-refractivity contribution in [3.05, 3.63) is 74.3 Å². The molecule has 130 valence electrons. The monoisotopic (exact) mass is 361 g/mol. The standard InChI is InChI=1S/C15H15N5O4S/c21-19(22)12-6-7-13(14(10-12)20(23)24)17-18-15(25)16-9-8-11-4-2-1-3-5-11/h1-7,10,17H,8-9H2,(H2,16,18,25). The summed E-state index contributed by atoms with van der Waals surface area (Å²) >= 11 is 5.08. The molecule has 0 amide bonds. The highest BCUT2D eigenvalue weighted by Crippen LogP contribution is 2.28. The molecule has 0 saturated heterocycles. The summed E-state index contributed by atoms with van der Waals surface area (Å²) in [5, 5.41) is 25.0. The molecule has 0 unspecified atom stereocenters. The third-order valence-electron chi connectivity index (χ3n) is 3.24. The van der Waals surface area contributed by atoms with Crippen molar-refractivity contribution in [1.29, 1.82) is 0 Å². The molecule has 0 heterocycles. The van der Waals surface area contributed by atoms with Crippen LogP contribution in [-0.2, 0) is 6.42 Å².